The van der Waals surface area contributed by atoms with Crippen LogP contribution in [-0.4, -0.2) is 15.5 Å². The molecule has 1 aliphatic heterocycles. The Bertz CT molecular complexity index is 394. The summed E-state index contributed by atoms with van der Waals surface area (Å²) in [7, 11) is 0. The monoisotopic (exact) mass is 273 g/mol. The molecular weight excluding hydrogens is 262 g/mol. The molecule has 0 unspecified atom stereocenters. The molecule has 1 N–H and O–H groups in total. The standard InChI is InChI=1S/C10H12BrNO3/c1-10(2)9(11)8(13)6-5-12(14)4-3-7(6)15-10/h3-5,8-9,13H,1-2H3/t8-,9+/m0/s1. The Kier molecular flexibility index (Phi) is 2.39. The van der Waals surface area contributed by atoms with Crippen LogP contribution in [0.1, 0.15) is 25.5 Å². The SMILES string of the molecule is CC1(C)Oc2cc[n+]([O-])cc2[C@H](O)[C@H]1Br. The summed E-state index contributed by atoms with van der Waals surface area (Å²) in [5, 5.41) is 21.1. The van der Waals surface area contributed by atoms with Gasteiger partial charge in [0, 0.05) is 6.07 Å². The van der Waals surface area contributed by atoms with Gasteiger partial charge in [0.05, 0.1) is 10.4 Å². The van der Waals surface area contributed by atoms with E-state index in [0.717, 1.165) is 0 Å². The molecule has 1 aromatic heterocycles. The van der Waals surface area contributed by atoms with Crippen LogP contribution in [0, 0.1) is 5.21 Å². The topological polar surface area (TPSA) is 56.4 Å². The quantitative estimate of drug-likeness (QED) is 0.440. The first-order chi connectivity index (χ1) is 6.92. The Morgan fingerprint density at radius 3 is 2.93 bits per heavy atom. The van der Waals surface area contributed by atoms with E-state index in [-0.39, 0.29) is 4.83 Å². The third-order valence-corrected chi connectivity index (χ3v) is 4.16. The van der Waals surface area contributed by atoms with Crippen LogP contribution in [-0.2, 0) is 0 Å². The van der Waals surface area contributed by atoms with Gasteiger partial charge in [-0.25, -0.2) is 0 Å². The molecule has 5 heteroatoms. The number of ether oxygens (including phenoxy) is 1. The fraction of sp³-hybridized carbons (Fsp3) is 0.500. The van der Waals surface area contributed by atoms with E-state index in [1.807, 2.05) is 13.8 Å². The molecule has 2 atom stereocenters. The van der Waals surface area contributed by atoms with Gasteiger partial charge >= 0.3 is 0 Å². The van der Waals surface area contributed by atoms with E-state index in [2.05, 4.69) is 15.9 Å². The highest BCUT2D eigenvalue weighted by Crippen LogP contribution is 2.42. The molecule has 0 spiro atoms. The summed E-state index contributed by atoms with van der Waals surface area (Å²) in [6.07, 6.45) is 1.96. The second kappa shape index (κ2) is 3.35. The van der Waals surface area contributed by atoms with Crippen molar-refractivity contribution in [1.29, 1.82) is 0 Å². The van der Waals surface area contributed by atoms with Gasteiger partial charge < -0.3 is 15.1 Å². The van der Waals surface area contributed by atoms with Crippen LogP contribution in [0.4, 0.5) is 0 Å². The zero-order valence-corrected chi connectivity index (χ0v) is 10.1. The summed E-state index contributed by atoms with van der Waals surface area (Å²) in [4.78, 5) is -0.236. The van der Waals surface area contributed by atoms with Crippen LogP contribution in [0.15, 0.2) is 18.5 Å². The lowest BCUT2D eigenvalue weighted by molar-refractivity contribution is -0.606. The first kappa shape index (κ1) is 10.7. The van der Waals surface area contributed by atoms with E-state index >= 15 is 0 Å². The summed E-state index contributed by atoms with van der Waals surface area (Å²) in [6.45, 7) is 3.77. The van der Waals surface area contributed by atoms with E-state index in [1.165, 1.54) is 12.4 Å². The van der Waals surface area contributed by atoms with Crippen molar-refractivity contribution in [2.75, 3.05) is 0 Å². The third-order valence-electron chi connectivity index (χ3n) is 2.56. The number of rotatable bonds is 0. The van der Waals surface area contributed by atoms with Gasteiger partial charge in [-0.1, -0.05) is 15.9 Å². The third kappa shape index (κ3) is 1.70. The van der Waals surface area contributed by atoms with E-state index in [4.69, 9.17) is 4.74 Å². The Labute approximate surface area is 96.2 Å². The van der Waals surface area contributed by atoms with Gasteiger partial charge in [0.2, 0.25) is 0 Å². The molecule has 1 aromatic rings. The van der Waals surface area contributed by atoms with Crippen molar-refractivity contribution < 1.29 is 14.6 Å². The number of fused-ring (bicyclic) bond motifs is 1. The first-order valence-corrected chi connectivity index (χ1v) is 5.57. The predicted octanol–water partition coefficient (Wildman–Crippen LogP) is 1.29. The van der Waals surface area contributed by atoms with E-state index < -0.39 is 11.7 Å². The average molecular weight is 274 g/mol. The summed E-state index contributed by atoms with van der Waals surface area (Å²) in [5.41, 5.74) is 0.0234. The second-order valence-corrected chi connectivity index (χ2v) is 5.16. The second-order valence-electron chi connectivity index (χ2n) is 4.18. The number of hydrogen-bond acceptors (Lipinski definition) is 3. The van der Waals surface area contributed by atoms with E-state index in [1.54, 1.807) is 6.07 Å². The molecular formula is C10H12BrNO3. The summed E-state index contributed by atoms with van der Waals surface area (Å²) >= 11 is 3.38. The Balaban J connectivity index is 2.50. The van der Waals surface area contributed by atoms with Crippen LogP contribution < -0.4 is 9.47 Å². The largest absolute Gasteiger partial charge is 0.619 e. The number of alkyl halides is 1. The molecule has 0 saturated heterocycles. The lowest BCUT2D eigenvalue weighted by Gasteiger charge is -2.39. The summed E-state index contributed by atoms with van der Waals surface area (Å²) < 4.78 is 6.35. The van der Waals surface area contributed by atoms with Gasteiger partial charge in [-0.2, -0.15) is 4.73 Å². The molecule has 0 radical (unpaired) electrons. The minimum absolute atomic E-state index is 0.236. The molecule has 0 aliphatic carbocycles. The zero-order chi connectivity index (χ0) is 11.2. The Morgan fingerprint density at radius 1 is 1.60 bits per heavy atom. The Hall–Kier alpha value is -0.810. The molecule has 2 heterocycles. The lowest BCUT2D eigenvalue weighted by atomic mass is 9.93. The molecule has 1 aliphatic rings. The maximum atomic E-state index is 11.1. The molecule has 15 heavy (non-hydrogen) atoms. The lowest BCUT2D eigenvalue weighted by Crippen LogP contribution is -2.46. The van der Waals surface area contributed by atoms with Crippen molar-refractivity contribution in [3.63, 3.8) is 0 Å². The molecule has 0 bridgehead atoms. The van der Waals surface area contributed by atoms with Gasteiger partial charge in [0.15, 0.2) is 12.4 Å². The van der Waals surface area contributed by atoms with Crippen molar-refractivity contribution in [2.24, 2.45) is 0 Å². The van der Waals surface area contributed by atoms with Crippen LogP contribution in [0.3, 0.4) is 0 Å². The Morgan fingerprint density at radius 2 is 2.27 bits per heavy atom. The zero-order valence-electron chi connectivity index (χ0n) is 8.48. The van der Waals surface area contributed by atoms with Gasteiger partial charge in [0.1, 0.15) is 17.5 Å². The van der Waals surface area contributed by atoms with Crippen molar-refractivity contribution in [3.8, 4) is 5.75 Å². The van der Waals surface area contributed by atoms with Crippen LogP contribution in [0.25, 0.3) is 0 Å². The maximum Gasteiger partial charge on any atom is 0.189 e. The minimum Gasteiger partial charge on any atom is -0.619 e. The molecule has 0 amide bonds. The van der Waals surface area contributed by atoms with E-state index in [9.17, 15) is 10.3 Å². The molecule has 0 saturated carbocycles. The van der Waals surface area contributed by atoms with E-state index in [0.29, 0.717) is 16.0 Å². The predicted molar refractivity (Wildman–Crippen MR) is 57.8 cm³/mol. The smallest absolute Gasteiger partial charge is 0.189 e. The fourth-order valence-electron chi connectivity index (χ4n) is 1.67. The van der Waals surface area contributed by atoms with Gasteiger partial charge in [-0.05, 0) is 13.8 Å². The van der Waals surface area contributed by atoms with Crippen molar-refractivity contribution in [1.82, 2.24) is 0 Å². The number of aliphatic hydroxyl groups excluding tert-OH is 1. The minimum atomic E-state index is -0.731. The van der Waals surface area contributed by atoms with Crippen molar-refractivity contribution in [2.45, 2.75) is 30.4 Å². The number of aliphatic hydroxyl groups is 1. The normalized spacial score (nSPS) is 28.0. The highest BCUT2D eigenvalue weighted by molar-refractivity contribution is 9.09. The number of hydrogen-bond donors (Lipinski definition) is 1. The summed E-state index contributed by atoms with van der Waals surface area (Å²) in [6, 6.07) is 1.58. The fourth-order valence-corrected chi connectivity index (χ4v) is 2.05. The molecule has 82 valence electrons. The number of nitrogens with zero attached hydrogens (tertiary/aromatic N) is 1. The van der Waals surface area contributed by atoms with Gasteiger partial charge in [-0.15, -0.1) is 0 Å². The molecule has 0 fully saturated rings. The van der Waals surface area contributed by atoms with Crippen molar-refractivity contribution in [3.05, 3.63) is 29.2 Å². The number of aromatic nitrogens is 1. The van der Waals surface area contributed by atoms with Crippen LogP contribution in [0.2, 0.25) is 0 Å². The highest BCUT2D eigenvalue weighted by atomic mass is 79.9. The van der Waals surface area contributed by atoms with Crippen LogP contribution in [0.5, 0.6) is 5.75 Å². The average Bonchev–Trinajstić information content (AvgIpc) is 2.16. The van der Waals surface area contributed by atoms with Gasteiger partial charge in [-0.3, -0.25) is 0 Å². The van der Waals surface area contributed by atoms with Crippen molar-refractivity contribution >= 4 is 15.9 Å². The maximum absolute atomic E-state index is 11.1. The number of halogens is 1. The van der Waals surface area contributed by atoms with Crippen LogP contribution >= 0.6 is 15.9 Å². The molecule has 2 rings (SSSR count). The summed E-state index contributed by atoms with van der Waals surface area (Å²) in [5.74, 6) is 0.565. The number of pyridine rings is 1. The molecule has 0 aromatic carbocycles. The first-order valence-electron chi connectivity index (χ1n) is 4.66. The van der Waals surface area contributed by atoms with Gasteiger partial charge in [0.25, 0.3) is 0 Å². The molecule has 4 nitrogen and oxygen atoms in total. The highest BCUT2D eigenvalue weighted by Gasteiger charge is 2.42.